The molecule has 0 bridgehead atoms. The summed E-state index contributed by atoms with van der Waals surface area (Å²) in [6.45, 7) is 3.14. The number of quaternary nitrogens is 1. The number of carbonyl (C=O) groups is 1. The number of nitrogens with one attached hydrogen (secondary N) is 1. The molecule has 1 amide bonds. The summed E-state index contributed by atoms with van der Waals surface area (Å²) in [5.41, 5.74) is 3.95. The van der Waals surface area contributed by atoms with Crippen molar-refractivity contribution in [2.75, 3.05) is 59.5 Å². The van der Waals surface area contributed by atoms with Crippen LogP contribution in [-0.4, -0.2) is 60.5 Å². The summed E-state index contributed by atoms with van der Waals surface area (Å²) in [5.74, 6) is 2.93. The van der Waals surface area contributed by atoms with Crippen LogP contribution < -0.4 is 41.2 Å². The Morgan fingerprint density at radius 1 is 0.879 bits per heavy atom. The van der Waals surface area contributed by atoms with E-state index in [1.165, 1.54) is 0 Å². The van der Waals surface area contributed by atoms with Gasteiger partial charge in [0.25, 0.3) is 0 Å². The van der Waals surface area contributed by atoms with E-state index in [2.05, 4.69) is 11.0 Å². The van der Waals surface area contributed by atoms with Crippen LogP contribution in [0.3, 0.4) is 0 Å². The average Bonchev–Trinajstić information content (AvgIpc) is 2.86. The molecule has 1 heterocycles. The fourth-order valence-electron chi connectivity index (χ4n) is 4.68. The second-order valence-electron chi connectivity index (χ2n) is 7.97. The minimum atomic E-state index is 0. The lowest BCUT2D eigenvalue weighted by Gasteiger charge is -2.33. The number of amides is 1. The van der Waals surface area contributed by atoms with Crippen LogP contribution >= 0.6 is 0 Å². The number of ether oxygens (including phenoxy) is 4. The smallest absolute Gasteiger partial charge is 0.340 e. The topological polar surface area (TPSA) is 61.7 Å². The molecule has 0 atom stereocenters. The van der Waals surface area contributed by atoms with Crippen LogP contribution in [0.5, 0.6) is 23.0 Å². The molecule has 1 aliphatic heterocycles. The van der Waals surface area contributed by atoms with E-state index in [9.17, 15) is 4.79 Å². The predicted molar refractivity (Wildman–Crippen MR) is 123 cm³/mol. The quantitative estimate of drug-likeness (QED) is 0.579. The van der Waals surface area contributed by atoms with Crippen LogP contribution in [0.1, 0.15) is 17.5 Å². The number of halogens is 1. The highest BCUT2D eigenvalue weighted by Gasteiger charge is 2.32. The first-order chi connectivity index (χ1) is 15.6. The molecular formula is C25H31ClN2O5. The van der Waals surface area contributed by atoms with Crippen LogP contribution in [0.15, 0.2) is 35.9 Å². The van der Waals surface area contributed by atoms with Gasteiger partial charge < -0.3 is 36.3 Å². The van der Waals surface area contributed by atoms with Gasteiger partial charge in [0.1, 0.15) is 18.8 Å². The molecule has 2 aliphatic rings. The number of para-hydroxylation sites is 2. The van der Waals surface area contributed by atoms with Gasteiger partial charge in [-0.05, 0) is 42.7 Å². The van der Waals surface area contributed by atoms with Crippen molar-refractivity contribution < 1.29 is 41.0 Å². The van der Waals surface area contributed by atoms with Gasteiger partial charge in [0.15, 0.2) is 11.5 Å². The van der Waals surface area contributed by atoms with E-state index in [1.807, 2.05) is 30.3 Å². The van der Waals surface area contributed by atoms with E-state index in [0.29, 0.717) is 23.7 Å². The highest BCUT2D eigenvalue weighted by atomic mass is 35.5. The maximum absolute atomic E-state index is 13.3. The van der Waals surface area contributed by atoms with Gasteiger partial charge in [0.05, 0.1) is 52.8 Å². The number of piperazine rings is 1. The molecule has 0 spiro atoms. The van der Waals surface area contributed by atoms with Crippen LogP contribution in [0.25, 0.3) is 6.08 Å². The van der Waals surface area contributed by atoms with Crippen LogP contribution in [0.4, 0.5) is 5.69 Å². The summed E-state index contributed by atoms with van der Waals surface area (Å²) in [6.07, 6.45) is 3.42. The molecule has 1 N–H and O–H groups in total. The third-order valence-corrected chi connectivity index (χ3v) is 6.35. The number of nitrogens with zero attached hydrogens (tertiary/aromatic N) is 1. The van der Waals surface area contributed by atoms with Gasteiger partial charge in [-0.2, -0.15) is 0 Å². The van der Waals surface area contributed by atoms with Crippen molar-refractivity contribution in [3.63, 3.8) is 0 Å². The molecule has 0 aromatic heterocycles. The van der Waals surface area contributed by atoms with Crippen molar-refractivity contribution in [1.29, 1.82) is 0 Å². The van der Waals surface area contributed by atoms with Gasteiger partial charge >= 0.3 is 5.91 Å². The molecule has 0 radical (unpaired) electrons. The Labute approximate surface area is 201 Å². The monoisotopic (exact) mass is 474 g/mol. The first-order valence-corrected chi connectivity index (χ1v) is 10.9. The number of benzene rings is 2. The Morgan fingerprint density at radius 2 is 1.55 bits per heavy atom. The summed E-state index contributed by atoms with van der Waals surface area (Å²) in [4.78, 5) is 16.6. The maximum atomic E-state index is 13.3. The molecule has 0 unspecified atom stereocenters. The summed E-state index contributed by atoms with van der Waals surface area (Å²) in [7, 11) is 6.53. The lowest BCUT2D eigenvalue weighted by Crippen LogP contribution is -3.17. The van der Waals surface area contributed by atoms with Gasteiger partial charge in [0.2, 0.25) is 5.75 Å². The molecule has 1 saturated heterocycles. The van der Waals surface area contributed by atoms with Gasteiger partial charge in [-0.25, -0.2) is 4.79 Å². The third kappa shape index (κ3) is 4.75. The van der Waals surface area contributed by atoms with E-state index in [1.54, 1.807) is 28.4 Å². The zero-order chi connectivity index (χ0) is 22.7. The standard InChI is InChI=1S/C25H30N2O5.ClH/c1-29-21-8-6-5-7-20(21)26-11-13-27(14-12-26)25(28)17-9-10-19-18(15-17)16-22(30-2)24(32-4)23(19)31-3;/h5-8,15-16H,9-14H2,1-4H3;1H. The summed E-state index contributed by atoms with van der Waals surface area (Å²) in [6, 6.07) is 9.96. The number of rotatable bonds is 6. The maximum Gasteiger partial charge on any atom is 0.340 e. The molecule has 4 rings (SSSR count). The minimum Gasteiger partial charge on any atom is -1.00 e. The molecule has 1 aliphatic carbocycles. The van der Waals surface area contributed by atoms with E-state index in [4.69, 9.17) is 18.9 Å². The molecule has 2 aromatic rings. The van der Waals surface area contributed by atoms with E-state index >= 15 is 0 Å². The molecule has 178 valence electrons. The second-order valence-corrected chi connectivity index (χ2v) is 7.97. The fraction of sp³-hybridized carbons (Fsp3) is 0.400. The summed E-state index contributed by atoms with van der Waals surface area (Å²) < 4.78 is 22.1. The predicted octanol–water partition coefficient (Wildman–Crippen LogP) is -1.01. The minimum absolute atomic E-state index is 0. The fourth-order valence-corrected chi connectivity index (χ4v) is 4.68. The van der Waals surface area contributed by atoms with E-state index < -0.39 is 0 Å². The van der Waals surface area contributed by atoms with Crippen molar-refractivity contribution in [3.05, 3.63) is 47.0 Å². The van der Waals surface area contributed by atoms with Gasteiger partial charge in [-0.15, -0.1) is 0 Å². The van der Waals surface area contributed by atoms with Crippen molar-refractivity contribution in [2.45, 2.75) is 12.8 Å². The molecule has 33 heavy (non-hydrogen) atoms. The molecule has 1 fully saturated rings. The lowest BCUT2D eigenvalue weighted by molar-refractivity contribution is -0.819. The molecular weight excluding hydrogens is 444 g/mol. The van der Waals surface area contributed by atoms with Gasteiger partial charge in [0, 0.05) is 5.56 Å². The molecule has 0 saturated carbocycles. The first-order valence-electron chi connectivity index (χ1n) is 10.9. The first kappa shape index (κ1) is 24.7. The number of hydrogen-bond donors (Lipinski definition) is 1. The highest BCUT2D eigenvalue weighted by molar-refractivity contribution is 5.93. The van der Waals surface area contributed by atoms with Crippen LogP contribution in [-0.2, 0) is 11.2 Å². The van der Waals surface area contributed by atoms with E-state index in [-0.39, 0.29) is 18.3 Å². The number of fused-ring (bicyclic) bond motifs is 1. The van der Waals surface area contributed by atoms with Crippen molar-refractivity contribution in [2.24, 2.45) is 0 Å². The lowest BCUT2D eigenvalue weighted by atomic mass is 9.90. The molecule has 2 aromatic carbocycles. The number of methoxy groups -OCH3 is 4. The van der Waals surface area contributed by atoms with Crippen molar-refractivity contribution >= 4 is 17.7 Å². The highest BCUT2D eigenvalue weighted by Crippen LogP contribution is 2.44. The number of hydrogen-bond acceptors (Lipinski definition) is 6. The molecule has 8 heteroatoms. The SMILES string of the molecule is COc1ccccc1N1CC[NH+](C(=O)C2=Cc3cc(OC)c(OC)c(OC)c3CC2)CC1.[Cl-]. The average molecular weight is 475 g/mol. The van der Waals surface area contributed by atoms with Gasteiger partial charge in [-0.1, -0.05) is 12.1 Å². The summed E-state index contributed by atoms with van der Waals surface area (Å²) >= 11 is 0. The number of carbonyl (C=O) groups excluding carboxylic acids is 1. The zero-order valence-corrected chi connectivity index (χ0v) is 20.3. The summed E-state index contributed by atoms with van der Waals surface area (Å²) in [5, 5.41) is 0. The van der Waals surface area contributed by atoms with Crippen LogP contribution in [0, 0.1) is 0 Å². The third-order valence-electron chi connectivity index (χ3n) is 6.35. The zero-order valence-electron chi connectivity index (χ0n) is 19.6. The second kappa shape index (κ2) is 10.8. The Balaban J connectivity index is 0.00000306. The van der Waals surface area contributed by atoms with Gasteiger partial charge in [-0.3, -0.25) is 4.90 Å². The van der Waals surface area contributed by atoms with E-state index in [0.717, 1.165) is 65.6 Å². The largest absolute Gasteiger partial charge is 1.00 e. The molecule has 7 nitrogen and oxygen atoms in total. The normalized spacial score (nSPS) is 15.6. The Kier molecular flexibility index (Phi) is 8.10. The van der Waals surface area contributed by atoms with Crippen molar-refractivity contribution in [1.82, 2.24) is 0 Å². The van der Waals surface area contributed by atoms with Crippen molar-refractivity contribution in [3.8, 4) is 23.0 Å². The number of anilines is 1. The Hall–Kier alpha value is -2.90. The van der Waals surface area contributed by atoms with Crippen LogP contribution in [0.2, 0.25) is 0 Å². The Morgan fingerprint density at radius 3 is 2.18 bits per heavy atom. The Bertz CT molecular complexity index is 1030.